The Kier molecular flexibility index (Phi) is 11.1. The van der Waals surface area contributed by atoms with Crippen LogP contribution < -0.4 is 0 Å². The van der Waals surface area contributed by atoms with E-state index in [1.54, 1.807) is 0 Å². The normalized spacial score (nSPS) is 8.57. The standard InChI is InChI=1S/2C10H8N2O2/c13-7-11-5-9-1-2-10(4-3-9)6-12-8-14;13-7-11-5-9-3-1-2-4-10(9)6-12-8-14/h2*1-4H,5-6H2. The molecule has 0 aromatic heterocycles. The molecule has 2 rings (SSSR count). The Morgan fingerprint density at radius 1 is 0.500 bits per heavy atom. The van der Waals surface area contributed by atoms with E-state index in [4.69, 9.17) is 0 Å². The van der Waals surface area contributed by atoms with Crippen LogP contribution in [0.1, 0.15) is 22.3 Å². The first-order chi connectivity index (χ1) is 13.7. The van der Waals surface area contributed by atoms with E-state index >= 15 is 0 Å². The van der Waals surface area contributed by atoms with Crippen molar-refractivity contribution in [3.8, 4) is 0 Å². The molecule has 0 aliphatic rings. The van der Waals surface area contributed by atoms with E-state index in [1.165, 1.54) is 24.3 Å². The van der Waals surface area contributed by atoms with Gasteiger partial charge in [-0.3, -0.25) is 0 Å². The molecule has 0 N–H and O–H groups in total. The molecule has 0 bridgehead atoms. The van der Waals surface area contributed by atoms with Crippen molar-refractivity contribution in [1.82, 2.24) is 0 Å². The molecule has 28 heavy (non-hydrogen) atoms. The second-order valence-corrected chi connectivity index (χ2v) is 5.22. The molecular weight excluding hydrogens is 360 g/mol. The predicted molar refractivity (Wildman–Crippen MR) is 100 cm³/mol. The second-order valence-electron chi connectivity index (χ2n) is 5.22. The molecule has 8 nitrogen and oxygen atoms in total. The molecular formula is C20H16N4O4. The van der Waals surface area contributed by atoms with E-state index < -0.39 is 0 Å². The fourth-order valence-electron chi connectivity index (χ4n) is 2.10. The minimum Gasteiger partial charge on any atom is -0.211 e. The minimum absolute atomic E-state index is 0.272. The predicted octanol–water partition coefficient (Wildman–Crippen LogP) is 2.72. The Hall–Kier alpha value is -4.04. The average Bonchev–Trinajstić information content (AvgIpc) is 2.75. The second kappa shape index (κ2) is 14.2. The summed E-state index contributed by atoms with van der Waals surface area (Å²) in [5, 5.41) is 0. The van der Waals surface area contributed by atoms with Gasteiger partial charge in [0.25, 0.3) is 0 Å². The van der Waals surface area contributed by atoms with Gasteiger partial charge in [-0.25, -0.2) is 39.1 Å². The lowest BCUT2D eigenvalue weighted by molar-refractivity contribution is 0.561. The van der Waals surface area contributed by atoms with Crippen LogP contribution >= 0.6 is 0 Å². The van der Waals surface area contributed by atoms with Gasteiger partial charge in [0.1, 0.15) is 0 Å². The van der Waals surface area contributed by atoms with Crippen LogP contribution in [0.4, 0.5) is 0 Å². The van der Waals surface area contributed by atoms with Gasteiger partial charge in [-0.05, 0) is 22.3 Å². The fraction of sp³-hybridized carbons (Fsp3) is 0.200. The number of hydrogen-bond acceptors (Lipinski definition) is 8. The lowest BCUT2D eigenvalue weighted by Crippen LogP contribution is -1.90. The summed E-state index contributed by atoms with van der Waals surface area (Å²) >= 11 is 0. The third-order valence-electron chi connectivity index (χ3n) is 3.42. The summed E-state index contributed by atoms with van der Waals surface area (Å²) in [5.41, 5.74) is 3.59. The van der Waals surface area contributed by atoms with Gasteiger partial charge < -0.3 is 0 Å². The van der Waals surface area contributed by atoms with Crippen molar-refractivity contribution in [2.75, 3.05) is 0 Å². The maximum absolute atomic E-state index is 9.93. The molecule has 140 valence electrons. The molecule has 0 spiro atoms. The van der Waals surface area contributed by atoms with Crippen LogP contribution in [-0.2, 0) is 45.4 Å². The van der Waals surface area contributed by atoms with Gasteiger partial charge >= 0.3 is 0 Å². The first kappa shape index (κ1) is 22.0. The molecule has 0 unspecified atom stereocenters. The maximum atomic E-state index is 9.93. The summed E-state index contributed by atoms with van der Waals surface area (Å²) in [6, 6.07) is 14.7. The van der Waals surface area contributed by atoms with Crippen LogP contribution in [0, 0.1) is 0 Å². The topological polar surface area (TPSA) is 118 Å². The van der Waals surface area contributed by atoms with Crippen molar-refractivity contribution in [3.63, 3.8) is 0 Å². The van der Waals surface area contributed by atoms with Crippen LogP contribution in [0.25, 0.3) is 0 Å². The fourth-order valence-corrected chi connectivity index (χ4v) is 2.10. The molecule has 0 heterocycles. The molecule has 2 aromatic rings. The van der Waals surface area contributed by atoms with Gasteiger partial charge in [0.15, 0.2) is 0 Å². The third kappa shape index (κ3) is 8.88. The Morgan fingerprint density at radius 3 is 1.14 bits per heavy atom. The minimum atomic E-state index is 0.272. The number of carbonyl (C=O) groups excluding carboxylic acids is 4. The van der Waals surface area contributed by atoms with Crippen LogP contribution in [0.5, 0.6) is 0 Å². The molecule has 8 heteroatoms. The highest BCUT2D eigenvalue weighted by Gasteiger charge is 1.99. The van der Waals surface area contributed by atoms with E-state index in [-0.39, 0.29) is 13.1 Å². The molecule has 0 amide bonds. The van der Waals surface area contributed by atoms with Gasteiger partial charge in [-0.15, -0.1) is 0 Å². The highest BCUT2D eigenvalue weighted by molar-refractivity contribution is 5.37. The third-order valence-corrected chi connectivity index (χ3v) is 3.42. The van der Waals surface area contributed by atoms with Crippen molar-refractivity contribution in [3.05, 3.63) is 70.8 Å². The summed E-state index contributed by atoms with van der Waals surface area (Å²) in [5.74, 6) is 0. The first-order valence-electron chi connectivity index (χ1n) is 8.04. The van der Waals surface area contributed by atoms with Crippen molar-refractivity contribution in [2.45, 2.75) is 26.2 Å². The summed E-state index contributed by atoms with van der Waals surface area (Å²) in [7, 11) is 0. The monoisotopic (exact) mass is 376 g/mol. The lowest BCUT2D eigenvalue weighted by Gasteiger charge is -2.01. The maximum Gasteiger partial charge on any atom is 0.235 e. The average molecular weight is 376 g/mol. The number of isocyanates is 4. The summed E-state index contributed by atoms with van der Waals surface area (Å²) < 4.78 is 0. The molecule has 0 aliphatic carbocycles. The summed E-state index contributed by atoms with van der Waals surface area (Å²) in [4.78, 5) is 53.3. The van der Waals surface area contributed by atoms with Gasteiger partial charge in [0, 0.05) is 0 Å². The van der Waals surface area contributed by atoms with Crippen LogP contribution in [0.15, 0.2) is 68.5 Å². The zero-order valence-electron chi connectivity index (χ0n) is 14.9. The molecule has 0 fully saturated rings. The van der Waals surface area contributed by atoms with Gasteiger partial charge in [-0.2, -0.15) is 0 Å². The molecule has 0 saturated carbocycles. The highest BCUT2D eigenvalue weighted by atomic mass is 16.1. The van der Waals surface area contributed by atoms with E-state index in [9.17, 15) is 19.2 Å². The SMILES string of the molecule is O=C=NCc1ccc(CN=C=O)cc1.O=C=NCc1ccccc1CN=C=O. The summed E-state index contributed by atoms with van der Waals surface area (Å²) in [6.45, 7) is 1.21. The Bertz CT molecular complexity index is 868. The van der Waals surface area contributed by atoms with Gasteiger partial charge in [0.2, 0.25) is 24.3 Å². The molecule has 0 radical (unpaired) electrons. The van der Waals surface area contributed by atoms with Crippen molar-refractivity contribution < 1.29 is 19.2 Å². The van der Waals surface area contributed by atoms with Crippen molar-refractivity contribution in [2.24, 2.45) is 20.0 Å². The Balaban J connectivity index is 0.000000280. The van der Waals surface area contributed by atoms with Crippen molar-refractivity contribution in [1.29, 1.82) is 0 Å². The number of nitrogens with zero attached hydrogens (tertiary/aromatic N) is 4. The molecule has 2 aromatic carbocycles. The number of benzene rings is 2. The number of hydrogen-bond donors (Lipinski definition) is 0. The lowest BCUT2D eigenvalue weighted by atomic mass is 10.1. The largest absolute Gasteiger partial charge is 0.235 e. The van der Waals surface area contributed by atoms with Crippen LogP contribution in [0.3, 0.4) is 0 Å². The van der Waals surface area contributed by atoms with E-state index in [2.05, 4.69) is 20.0 Å². The summed E-state index contributed by atoms with van der Waals surface area (Å²) in [6.07, 6.45) is 5.87. The molecule has 0 aliphatic heterocycles. The van der Waals surface area contributed by atoms with E-state index in [0.29, 0.717) is 13.1 Å². The van der Waals surface area contributed by atoms with E-state index in [1.807, 2.05) is 48.5 Å². The van der Waals surface area contributed by atoms with Gasteiger partial charge in [-0.1, -0.05) is 48.5 Å². The Morgan fingerprint density at radius 2 is 0.821 bits per heavy atom. The highest BCUT2D eigenvalue weighted by Crippen LogP contribution is 2.10. The van der Waals surface area contributed by atoms with Crippen molar-refractivity contribution >= 4 is 24.3 Å². The zero-order chi connectivity index (χ0) is 20.5. The first-order valence-corrected chi connectivity index (χ1v) is 8.04. The van der Waals surface area contributed by atoms with Crippen LogP contribution in [-0.4, -0.2) is 24.3 Å². The zero-order valence-corrected chi connectivity index (χ0v) is 14.9. The van der Waals surface area contributed by atoms with E-state index in [0.717, 1.165) is 22.3 Å². The number of aliphatic imine (C=N–C) groups is 4. The number of rotatable bonds is 8. The molecule has 0 atom stereocenters. The van der Waals surface area contributed by atoms with Gasteiger partial charge in [0.05, 0.1) is 26.2 Å². The van der Waals surface area contributed by atoms with Crippen LogP contribution in [0.2, 0.25) is 0 Å². The molecule has 0 saturated heterocycles. The quantitative estimate of drug-likeness (QED) is 0.520. The smallest absolute Gasteiger partial charge is 0.211 e. The Labute approximate surface area is 161 Å².